The van der Waals surface area contributed by atoms with E-state index in [1.54, 1.807) is 24.3 Å². The summed E-state index contributed by atoms with van der Waals surface area (Å²) in [5.41, 5.74) is 1.91. The Morgan fingerprint density at radius 3 is 2.64 bits per heavy atom. The highest BCUT2D eigenvalue weighted by Crippen LogP contribution is 2.29. The van der Waals surface area contributed by atoms with Gasteiger partial charge in [0.05, 0.1) is 18.3 Å². The van der Waals surface area contributed by atoms with E-state index in [-0.39, 0.29) is 24.5 Å². The van der Waals surface area contributed by atoms with Crippen LogP contribution in [0.3, 0.4) is 0 Å². The Morgan fingerprint density at radius 2 is 1.86 bits per heavy atom. The molecular weight excluding hydrogens is 354 g/mol. The summed E-state index contributed by atoms with van der Waals surface area (Å²) in [6.45, 7) is 2.53. The molecule has 148 valence electrons. The topological polar surface area (TPSA) is 79.5 Å². The van der Waals surface area contributed by atoms with Crippen LogP contribution in [-0.4, -0.2) is 31.0 Å². The lowest BCUT2D eigenvalue weighted by atomic mass is 10.2. The van der Waals surface area contributed by atoms with Crippen LogP contribution in [0.4, 0.5) is 11.4 Å². The van der Waals surface area contributed by atoms with Crippen molar-refractivity contribution in [2.75, 3.05) is 23.7 Å². The Labute approximate surface area is 165 Å². The van der Waals surface area contributed by atoms with Crippen molar-refractivity contribution >= 4 is 23.2 Å². The first-order chi connectivity index (χ1) is 13.7. The van der Waals surface area contributed by atoms with Crippen molar-refractivity contribution in [2.45, 2.75) is 38.7 Å². The van der Waals surface area contributed by atoms with Gasteiger partial charge in [0.2, 0.25) is 5.91 Å². The molecule has 3 N–H and O–H groups in total. The standard InChI is InChI=1S/C22H27N3O3/c1-2-23-22(27)16-8-7-9-17(14-16)25-21(26)15-24-19-12-5-6-13-20(19)28-18-10-3-4-11-18/h5-9,12-14,18,24H,2-4,10-11,15H2,1H3,(H,23,27)(H,25,26). The van der Waals surface area contributed by atoms with E-state index in [1.807, 2.05) is 31.2 Å². The average molecular weight is 381 g/mol. The van der Waals surface area contributed by atoms with E-state index < -0.39 is 0 Å². The zero-order valence-electron chi connectivity index (χ0n) is 16.2. The van der Waals surface area contributed by atoms with E-state index in [2.05, 4.69) is 16.0 Å². The zero-order chi connectivity index (χ0) is 19.8. The third-order valence-corrected chi connectivity index (χ3v) is 4.67. The third kappa shape index (κ3) is 5.49. The van der Waals surface area contributed by atoms with Gasteiger partial charge in [-0.3, -0.25) is 9.59 Å². The summed E-state index contributed by atoms with van der Waals surface area (Å²) >= 11 is 0. The molecule has 0 bridgehead atoms. The number of para-hydroxylation sites is 2. The molecule has 0 aliphatic heterocycles. The molecule has 1 saturated carbocycles. The van der Waals surface area contributed by atoms with Crippen molar-refractivity contribution in [3.05, 3.63) is 54.1 Å². The van der Waals surface area contributed by atoms with Crippen LogP contribution in [0.1, 0.15) is 43.0 Å². The Balaban J connectivity index is 1.56. The maximum absolute atomic E-state index is 12.3. The van der Waals surface area contributed by atoms with Gasteiger partial charge < -0.3 is 20.7 Å². The smallest absolute Gasteiger partial charge is 0.251 e. The summed E-state index contributed by atoms with van der Waals surface area (Å²) in [6.07, 6.45) is 4.83. The Morgan fingerprint density at radius 1 is 1.07 bits per heavy atom. The Kier molecular flexibility index (Phi) is 6.89. The zero-order valence-corrected chi connectivity index (χ0v) is 16.2. The predicted molar refractivity (Wildman–Crippen MR) is 111 cm³/mol. The number of rotatable bonds is 8. The van der Waals surface area contributed by atoms with Crippen molar-refractivity contribution in [3.8, 4) is 5.75 Å². The minimum absolute atomic E-state index is 0.108. The first-order valence-electron chi connectivity index (χ1n) is 9.83. The summed E-state index contributed by atoms with van der Waals surface area (Å²) in [4.78, 5) is 24.3. The number of ether oxygens (including phenoxy) is 1. The highest BCUT2D eigenvalue weighted by atomic mass is 16.5. The molecule has 2 aromatic rings. The molecule has 0 saturated heterocycles. The van der Waals surface area contributed by atoms with Crippen LogP contribution in [0.25, 0.3) is 0 Å². The Bertz CT molecular complexity index is 816. The number of carbonyl (C=O) groups excluding carboxylic acids is 2. The Hall–Kier alpha value is -3.02. The highest BCUT2D eigenvalue weighted by molar-refractivity contribution is 5.98. The molecular formula is C22H27N3O3. The minimum Gasteiger partial charge on any atom is -0.488 e. The fourth-order valence-corrected chi connectivity index (χ4v) is 3.28. The molecule has 0 aromatic heterocycles. The fourth-order valence-electron chi connectivity index (χ4n) is 3.28. The van der Waals surface area contributed by atoms with Crippen LogP contribution in [-0.2, 0) is 4.79 Å². The van der Waals surface area contributed by atoms with Gasteiger partial charge in [0.15, 0.2) is 0 Å². The van der Waals surface area contributed by atoms with Gasteiger partial charge >= 0.3 is 0 Å². The van der Waals surface area contributed by atoms with Gasteiger partial charge in [0.1, 0.15) is 5.75 Å². The third-order valence-electron chi connectivity index (χ3n) is 4.67. The van der Waals surface area contributed by atoms with Gasteiger partial charge in [0, 0.05) is 17.8 Å². The van der Waals surface area contributed by atoms with E-state index in [0.29, 0.717) is 17.8 Å². The number of amides is 2. The van der Waals surface area contributed by atoms with Crippen molar-refractivity contribution in [3.63, 3.8) is 0 Å². The van der Waals surface area contributed by atoms with Crippen LogP contribution in [0.5, 0.6) is 5.75 Å². The lowest BCUT2D eigenvalue weighted by molar-refractivity contribution is -0.114. The average Bonchev–Trinajstić information content (AvgIpc) is 3.21. The molecule has 1 aliphatic rings. The van der Waals surface area contributed by atoms with Crippen molar-refractivity contribution in [1.82, 2.24) is 5.32 Å². The molecule has 3 rings (SSSR count). The van der Waals surface area contributed by atoms with Crippen molar-refractivity contribution in [1.29, 1.82) is 0 Å². The van der Waals surface area contributed by atoms with Crippen LogP contribution in [0.2, 0.25) is 0 Å². The molecule has 0 heterocycles. The molecule has 0 atom stereocenters. The largest absolute Gasteiger partial charge is 0.488 e. The molecule has 6 heteroatoms. The molecule has 2 aromatic carbocycles. The summed E-state index contributed by atoms with van der Waals surface area (Å²) < 4.78 is 6.08. The number of carbonyl (C=O) groups is 2. The van der Waals surface area contributed by atoms with Crippen LogP contribution >= 0.6 is 0 Å². The van der Waals surface area contributed by atoms with Crippen LogP contribution in [0, 0.1) is 0 Å². The monoisotopic (exact) mass is 381 g/mol. The quantitative estimate of drug-likeness (QED) is 0.650. The van der Waals surface area contributed by atoms with E-state index >= 15 is 0 Å². The molecule has 28 heavy (non-hydrogen) atoms. The van der Waals surface area contributed by atoms with Gasteiger partial charge in [-0.25, -0.2) is 0 Å². The highest BCUT2D eigenvalue weighted by Gasteiger charge is 2.18. The second kappa shape index (κ2) is 9.78. The van der Waals surface area contributed by atoms with E-state index in [0.717, 1.165) is 24.3 Å². The van der Waals surface area contributed by atoms with Gasteiger partial charge in [-0.1, -0.05) is 18.2 Å². The molecule has 1 fully saturated rings. The predicted octanol–water partition coefficient (Wildman–Crippen LogP) is 3.81. The van der Waals surface area contributed by atoms with Crippen molar-refractivity contribution in [2.24, 2.45) is 0 Å². The first kappa shape index (κ1) is 19.7. The van der Waals surface area contributed by atoms with E-state index in [1.165, 1.54) is 12.8 Å². The molecule has 0 unspecified atom stereocenters. The van der Waals surface area contributed by atoms with E-state index in [9.17, 15) is 9.59 Å². The van der Waals surface area contributed by atoms with Gasteiger partial charge in [-0.2, -0.15) is 0 Å². The second-order valence-corrected chi connectivity index (χ2v) is 6.86. The van der Waals surface area contributed by atoms with Crippen molar-refractivity contribution < 1.29 is 14.3 Å². The lowest BCUT2D eigenvalue weighted by Crippen LogP contribution is -2.24. The first-order valence-corrected chi connectivity index (χ1v) is 9.83. The molecule has 0 radical (unpaired) electrons. The van der Waals surface area contributed by atoms with Gasteiger partial charge in [-0.15, -0.1) is 0 Å². The number of benzene rings is 2. The van der Waals surface area contributed by atoms with Crippen LogP contribution < -0.4 is 20.7 Å². The molecule has 6 nitrogen and oxygen atoms in total. The lowest BCUT2D eigenvalue weighted by Gasteiger charge is -2.17. The maximum atomic E-state index is 12.3. The SMILES string of the molecule is CCNC(=O)c1cccc(NC(=O)CNc2ccccc2OC2CCCC2)c1. The van der Waals surface area contributed by atoms with E-state index in [4.69, 9.17) is 4.74 Å². The number of nitrogens with one attached hydrogen (secondary N) is 3. The maximum Gasteiger partial charge on any atom is 0.251 e. The second-order valence-electron chi connectivity index (χ2n) is 6.86. The number of anilines is 2. The summed E-state index contributed by atoms with van der Waals surface area (Å²) in [6, 6.07) is 14.6. The number of hydrogen-bond donors (Lipinski definition) is 3. The normalized spacial score (nSPS) is 13.8. The molecule has 1 aliphatic carbocycles. The summed E-state index contributed by atoms with van der Waals surface area (Å²) in [7, 11) is 0. The minimum atomic E-state index is -0.191. The summed E-state index contributed by atoms with van der Waals surface area (Å²) in [5.74, 6) is 0.430. The van der Waals surface area contributed by atoms with Gasteiger partial charge in [0.25, 0.3) is 5.91 Å². The van der Waals surface area contributed by atoms with Crippen LogP contribution in [0.15, 0.2) is 48.5 Å². The van der Waals surface area contributed by atoms with Gasteiger partial charge in [-0.05, 0) is 62.9 Å². The molecule has 2 amide bonds. The molecule has 0 spiro atoms. The number of hydrogen-bond acceptors (Lipinski definition) is 4. The summed E-state index contributed by atoms with van der Waals surface area (Å²) in [5, 5.41) is 8.72. The fraction of sp³-hybridized carbons (Fsp3) is 0.364.